The molecule has 2 rings (SSSR count). The Hall–Kier alpha value is -1.33. The Morgan fingerprint density at radius 1 is 1.21 bits per heavy atom. The first-order chi connectivity index (χ1) is 11.0. The van der Waals surface area contributed by atoms with Crippen LogP contribution in [0, 0.1) is 0 Å². The Balaban J connectivity index is 2.39. The highest BCUT2D eigenvalue weighted by atomic mass is 32.2. The maximum Gasteiger partial charge on any atom is 0.516 e. The predicted molar refractivity (Wildman–Crippen MR) is 83.2 cm³/mol. The lowest BCUT2D eigenvalue weighted by Crippen LogP contribution is -2.40. The molecule has 0 bridgehead atoms. The second-order valence-corrected chi connectivity index (χ2v) is 9.16. The number of rotatable bonds is 4. The summed E-state index contributed by atoms with van der Waals surface area (Å²) in [6.07, 6.45) is 1.16. The van der Waals surface area contributed by atoms with Crippen molar-refractivity contribution < 1.29 is 30.0 Å². The van der Waals surface area contributed by atoms with Crippen LogP contribution in [0.15, 0.2) is 24.3 Å². The van der Waals surface area contributed by atoms with E-state index >= 15 is 0 Å². The van der Waals surface area contributed by atoms with E-state index in [2.05, 4.69) is 0 Å². The molecule has 1 heterocycles. The predicted octanol–water partition coefficient (Wildman–Crippen LogP) is 2.43. The van der Waals surface area contributed by atoms with Crippen LogP contribution < -0.4 is 4.72 Å². The molecule has 0 radical (unpaired) electrons. The van der Waals surface area contributed by atoms with E-state index < -0.39 is 31.6 Å². The van der Waals surface area contributed by atoms with Gasteiger partial charge in [0, 0.05) is 12.6 Å². The van der Waals surface area contributed by atoms with Crippen LogP contribution in [0.4, 0.5) is 18.9 Å². The topological polar surface area (TPSA) is 83.6 Å². The molecule has 1 fully saturated rings. The highest BCUT2D eigenvalue weighted by molar-refractivity contribution is 7.93. The number of anilines is 1. The van der Waals surface area contributed by atoms with E-state index in [1.165, 1.54) is 40.2 Å². The zero-order chi connectivity index (χ0) is 18.2. The third-order valence-corrected chi connectivity index (χ3v) is 6.90. The molecule has 0 aliphatic carbocycles. The molecule has 1 aromatic carbocycles. The molecule has 0 saturated carbocycles. The van der Waals surface area contributed by atoms with Crippen molar-refractivity contribution in [1.29, 1.82) is 0 Å². The molecule has 1 saturated heterocycles. The molecule has 24 heavy (non-hydrogen) atoms. The van der Waals surface area contributed by atoms with Gasteiger partial charge in [0.05, 0.1) is 11.4 Å². The van der Waals surface area contributed by atoms with E-state index in [9.17, 15) is 30.0 Å². The fourth-order valence-electron chi connectivity index (χ4n) is 2.56. The van der Waals surface area contributed by atoms with Gasteiger partial charge in [0.2, 0.25) is 10.0 Å². The molecule has 1 N–H and O–H groups in total. The van der Waals surface area contributed by atoms with Crippen molar-refractivity contribution in [2.75, 3.05) is 17.0 Å². The fourth-order valence-corrected chi connectivity index (χ4v) is 4.95. The fraction of sp³-hybridized carbons (Fsp3) is 0.538. The first-order valence-corrected chi connectivity index (χ1v) is 10.2. The largest absolute Gasteiger partial charge is 0.516 e. The van der Waals surface area contributed by atoms with E-state index in [1.54, 1.807) is 0 Å². The van der Waals surface area contributed by atoms with E-state index in [4.69, 9.17) is 0 Å². The number of sulfonamides is 2. The molecule has 0 aromatic heterocycles. The van der Waals surface area contributed by atoms with Crippen molar-refractivity contribution in [2.24, 2.45) is 0 Å². The van der Waals surface area contributed by atoms with Crippen LogP contribution in [-0.4, -0.2) is 38.9 Å². The molecule has 1 unspecified atom stereocenters. The van der Waals surface area contributed by atoms with Gasteiger partial charge < -0.3 is 0 Å². The summed E-state index contributed by atoms with van der Waals surface area (Å²) in [5.41, 5.74) is -5.58. The van der Waals surface area contributed by atoms with Gasteiger partial charge in [-0.1, -0.05) is 18.2 Å². The minimum atomic E-state index is -5.58. The van der Waals surface area contributed by atoms with Crippen LogP contribution in [0.2, 0.25) is 0 Å². The minimum Gasteiger partial charge on any atom is -0.276 e. The van der Waals surface area contributed by atoms with Gasteiger partial charge in [-0.2, -0.15) is 25.9 Å². The Morgan fingerprint density at radius 3 is 2.42 bits per heavy atom. The molecule has 1 aliphatic rings. The van der Waals surface area contributed by atoms with Crippen molar-refractivity contribution in [1.82, 2.24) is 4.31 Å². The number of hydrogen-bond acceptors (Lipinski definition) is 4. The highest BCUT2D eigenvalue weighted by Crippen LogP contribution is 2.34. The van der Waals surface area contributed by atoms with Gasteiger partial charge >= 0.3 is 15.5 Å². The maximum atomic E-state index is 12.6. The van der Waals surface area contributed by atoms with Crippen LogP contribution in [-0.2, 0) is 20.0 Å². The van der Waals surface area contributed by atoms with Crippen molar-refractivity contribution in [2.45, 2.75) is 31.3 Å². The molecule has 1 aromatic rings. The average Bonchev–Trinajstić information content (AvgIpc) is 2.45. The summed E-state index contributed by atoms with van der Waals surface area (Å²) >= 11 is 0. The summed E-state index contributed by atoms with van der Waals surface area (Å²) in [5.74, 6) is -0.0339. The summed E-state index contributed by atoms with van der Waals surface area (Å²) in [4.78, 5) is 0. The van der Waals surface area contributed by atoms with Gasteiger partial charge in [-0.05, 0) is 31.4 Å². The van der Waals surface area contributed by atoms with Crippen LogP contribution >= 0.6 is 0 Å². The van der Waals surface area contributed by atoms with Gasteiger partial charge in [-0.25, -0.2) is 8.42 Å². The van der Waals surface area contributed by atoms with E-state index in [-0.39, 0.29) is 23.5 Å². The summed E-state index contributed by atoms with van der Waals surface area (Å²) in [7, 11) is -9.11. The number of para-hydroxylation sites is 1. The molecule has 0 amide bonds. The highest BCUT2D eigenvalue weighted by Gasteiger charge is 2.46. The van der Waals surface area contributed by atoms with Crippen LogP contribution in [0.3, 0.4) is 0 Å². The van der Waals surface area contributed by atoms with Gasteiger partial charge in [0.15, 0.2) is 0 Å². The van der Waals surface area contributed by atoms with E-state index in [0.29, 0.717) is 12.8 Å². The summed E-state index contributed by atoms with van der Waals surface area (Å²) in [6.45, 7) is 1.76. The van der Waals surface area contributed by atoms with Gasteiger partial charge in [-0.3, -0.25) is 4.72 Å². The monoisotopic (exact) mass is 386 g/mol. The molecule has 11 heteroatoms. The lowest BCUT2D eigenvalue weighted by Gasteiger charge is -2.32. The number of halogens is 3. The smallest absolute Gasteiger partial charge is 0.276 e. The lowest BCUT2D eigenvalue weighted by atomic mass is 10.1. The SMILES string of the molecule is CC(c1ccccc1NS(=O)(=O)C(F)(F)F)N1CCCCS1(=O)=O. The number of hydrogen-bond donors (Lipinski definition) is 1. The van der Waals surface area contributed by atoms with Crippen molar-refractivity contribution in [3.8, 4) is 0 Å². The first kappa shape index (κ1) is 19.0. The average molecular weight is 386 g/mol. The second-order valence-electron chi connectivity index (χ2n) is 5.45. The van der Waals surface area contributed by atoms with Crippen molar-refractivity contribution in [3.63, 3.8) is 0 Å². The molecule has 1 atom stereocenters. The van der Waals surface area contributed by atoms with Crippen molar-refractivity contribution >= 4 is 25.7 Å². The molecular formula is C13H17F3N2O4S2. The number of benzene rings is 1. The molecule has 136 valence electrons. The van der Waals surface area contributed by atoms with Gasteiger partial charge in [0.1, 0.15) is 0 Å². The number of alkyl halides is 3. The van der Waals surface area contributed by atoms with E-state index in [1.807, 2.05) is 0 Å². The zero-order valence-electron chi connectivity index (χ0n) is 12.7. The molecule has 0 spiro atoms. The first-order valence-electron chi connectivity index (χ1n) is 7.13. The third kappa shape index (κ3) is 3.83. The Morgan fingerprint density at radius 2 is 1.83 bits per heavy atom. The molecule has 6 nitrogen and oxygen atoms in total. The number of nitrogens with zero attached hydrogens (tertiary/aromatic N) is 1. The number of nitrogens with one attached hydrogen (secondary N) is 1. The summed E-state index contributed by atoms with van der Waals surface area (Å²) < 4.78 is 87.4. The standard InChI is InChI=1S/C13H17F3N2O4S2/c1-10(18-8-4-5-9-23(18,19)20)11-6-2-3-7-12(11)17-24(21,22)13(14,15)16/h2-3,6-7,10,17H,4-5,8-9H2,1H3. The second kappa shape index (κ2) is 6.52. The Kier molecular flexibility index (Phi) is 5.17. The maximum absolute atomic E-state index is 12.6. The van der Waals surface area contributed by atoms with Gasteiger partial charge in [0.25, 0.3) is 0 Å². The van der Waals surface area contributed by atoms with Crippen LogP contribution in [0.1, 0.15) is 31.4 Å². The quantitative estimate of drug-likeness (QED) is 0.862. The zero-order valence-corrected chi connectivity index (χ0v) is 14.4. The normalized spacial score (nSPS) is 20.5. The minimum absolute atomic E-state index is 0.0339. The van der Waals surface area contributed by atoms with Gasteiger partial charge in [-0.15, -0.1) is 0 Å². The molecule has 1 aliphatic heterocycles. The summed E-state index contributed by atoms with van der Waals surface area (Å²) in [5, 5.41) is 0. The Labute approximate surface area is 138 Å². The summed E-state index contributed by atoms with van der Waals surface area (Å²) in [6, 6.07) is 4.67. The Bertz CT molecular complexity index is 807. The lowest BCUT2D eigenvalue weighted by molar-refractivity contribution is -0.0429. The van der Waals surface area contributed by atoms with Crippen molar-refractivity contribution in [3.05, 3.63) is 29.8 Å². The van der Waals surface area contributed by atoms with Crippen LogP contribution in [0.5, 0.6) is 0 Å². The van der Waals surface area contributed by atoms with Crippen LogP contribution in [0.25, 0.3) is 0 Å². The third-order valence-electron chi connectivity index (χ3n) is 3.78. The molecular weight excluding hydrogens is 369 g/mol. The van der Waals surface area contributed by atoms with E-state index in [0.717, 1.165) is 0 Å².